The second-order valence-electron chi connectivity index (χ2n) is 8.01. The zero-order valence-electron chi connectivity index (χ0n) is 18.1. The van der Waals surface area contributed by atoms with E-state index in [1.807, 2.05) is 0 Å². The van der Waals surface area contributed by atoms with Crippen LogP contribution in [-0.2, 0) is 16.2 Å². The maximum atomic E-state index is 13.8. The lowest BCUT2D eigenvalue weighted by molar-refractivity contribution is -0.137. The van der Waals surface area contributed by atoms with Crippen molar-refractivity contribution < 1.29 is 40.2 Å². The van der Waals surface area contributed by atoms with Gasteiger partial charge in [0.15, 0.2) is 0 Å². The van der Waals surface area contributed by atoms with Gasteiger partial charge in [-0.25, -0.2) is 17.2 Å². The van der Waals surface area contributed by atoms with Gasteiger partial charge in [0, 0.05) is 12.7 Å². The molecule has 35 heavy (non-hydrogen) atoms. The molecule has 1 aliphatic rings. The van der Waals surface area contributed by atoms with Gasteiger partial charge in [-0.2, -0.15) is 13.2 Å². The van der Waals surface area contributed by atoms with Crippen molar-refractivity contribution in [3.05, 3.63) is 77.9 Å². The van der Waals surface area contributed by atoms with Crippen LogP contribution in [0.3, 0.4) is 0 Å². The number of alkyl halides is 3. The van der Waals surface area contributed by atoms with E-state index in [4.69, 9.17) is 9.84 Å². The Morgan fingerprint density at radius 3 is 2.34 bits per heavy atom. The molecule has 1 N–H and O–H groups in total. The molecule has 4 rings (SSSR count). The van der Waals surface area contributed by atoms with Crippen LogP contribution in [0.5, 0.6) is 5.75 Å². The minimum atomic E-state index is -4.74. The molecule has 3 aromatic rings. The van der Waals surface area contributed by atoms with Crippen molar-refractivity contribution in [1.29, 1.82) is 0 Å². The van der Waals surface area contributed by atoms with Crippen molar-refractivity contribution in [2.45, 2.75) is 30.0 Å². The molecule has 0 spiro atoms. The molecule has 186 valence electrons. The Kier molecular flexibility index (Phi) is 6.74. The SMILES string of the molecule is O=S(=O)(c1cccc(C(F)(F)F)c1)N1C[C@H](CCCO)Oc2ccc(-c3cc(F)cc(F)c3)cc21. The molecule has 1 aliphatic heterocycles. The van der Waals surface area contributed by atoms with Crippen molar-refractivity contribution in [3.63, 3.8) is 0 Å². The molecule has 1 atom stereocenters. The number of hydrogen-bond donors (Lipinski definition) is 1. The molecular formula is C24H20F5NO4S. The summed E-state index contributed by atoms with van der Waals surface area (Å²) in [5.74, 6) is -1.52. The van der Waals surface area contributed by atoms with Crippen LogP contribution < -0.4 is 9.04 Å². The van der Waals surface area contributed by atoms with Crippen LogP contribution in [0.4, 0.5) is 27.6 Å². The summed E-state index contributed by atoms with van der Waals surface area (Å²) in [5.41, 5.74) is -0.675. The first kappa shape index (κ1) is 24.9. The van der Waals surface area contributed by atoms with E-state index in [0.717, 1.165) is 34.6 Å². The number of sulfonamides is 1. The van der Waals surface area contributed by atoms with Gasteiger partial charge < -0.3 is 9.84 Å². The summed E-state index contributed by atoms with van der Waals surface area (Å²) in [5, 5.41) is 9.15. The maximum absolute atomic E-state index is 13.8. The number of aliphatic hydroxyl groups excluding tert-OH is 1. The number of hydrogen-bond acceptors (Lipinski definition) is 4. The molecule has 0 aromatic heterocycles. The topological polar surface area (TPSA) is 66.8 Å². The van der Waals surface area contributed by atoms with Gasteiger partial charge in [0.2, 0.25) is 0 Å². The van der Waals surface area contributed by atoms with Gasteiger partial charge in [-0.1, -0.05) is 12.1 Å². The van der Waals surface area contributed by atoms with Gasteiger partial charge in [-0.05, 0) is 66.4 Å². The number of nitrogens with zero attached hydrogens (tertiary/aromatic N) is 1. The summed E-state index contributed by atoms with van der Waals surface area (Å²) < 4.78 is 101. The highest BCUT2D eigenvalue weighted by atomic mass is 32.2. The fourth-order valence-electron chi connectivity index (χ4n) is 3.87. The third kappa shape index (κ3) is 5.25. The number of ether oxygens (including phenoxy) is 1. The fourth-order valence-corrected chi connectivity index (χ4v) is 5.41. The van der Waals surface area contributed by atoms with Gasteiger partial charge in [0.05, 0.1) is 22.7 Å². The molecule has 11 heteroatoms. The number of anilines is 1. The van der Waals surface area contributed by atoms with Crippen LogP contribution >= 0.6 is 0 Å². The van der Waals surface area contributed by atoms with Crippen molar-refractivity contribution in [2.24, 2.45) is 0 Å². The summed E-state index contributed by atoms with van der Waals surface area (Å²) in [7, 11) is -4.49. The highest BCUT2D eigenvalue weighted by Crippen LogP contribution is 2.41. The van der Waals surface area contributed by atoms with Crippen LogP contribution in [0.1, 0.15) is 18.4 Å². The van der Waals surface area contributed by atoms with Crippen LogP contribution in [0.25, 0.3) is 11.1 Å². The average Bonchev–Trinajstić information content (AvgIpc) is 2.80. The monoisotopic (exact) mass is 513 g/mol. The molecule has 1 heterocycles. The van der Waals surface area contributed by atoms with E-state index in [9.17, 15) is 30.4 Å². The maximum Gasteiger partial charge on any atom is 0.416 e. The van der Waals surface area contributed by atoms with Crippen LogP contribution in [0.15, 0.2) is 65.6 Å². The number of rotatable bonds is 6. The average molecular weight is 513 g/mol. The predicted octanol–water partition coefficient (Wildman–Crippen LogP) is 5.38. The van der Waals surface area contributed by atoms with Crippen molar-refractivity contribution >= 4 is 15.7 Å². The van der Waals surface area contributed by atoms with E-state index in [1.54, 1.807) is 0 Å². The number of aliphatic hydroxyl groups is 1. The standard InChI is InChI=1S/C24H20F5NO4S/c25-18-9-16(10-19(26)13-18)15-6-7-23-22(11-15)30(14-20(34-23)4-2-8-31)35(32,33)21-5-1-3-17(12-21)24(27,28)29/h1,3,5-7,9-13,20,31H,2,4,8,14H2/t20-/m0/s1. The molecule has 0 amide bonds. The Balaban J connectivity index is 1.83. The van der Waals surface area contributed by atoms with Crippen LogP contribution in [-0.4, -0.2) is 32.8 Å². The molecule has 0 unspecified atom stereocenters. The lowest BCUT2D eigenvalue weighted by atomic mass is 10.0. The van der Waals surface area contributed by atoms with Crippen LogP contribution in [0, 0.1) is 11.6 Å². The first-order chi connectivity index (χ1) is 16.5. The van der Waals surface area contributed by atoms with E-state index in [-0.39, 0.29) is 35.7 Å². The minimum Gasteiger partial charge on any atom is -0.486 e. The molecule has 0 radical (unpaired) electrons. The zero-order chi connectivity index (χ0) is 25.4. The van der Waals surface area contributed by atoms with Gasteiger partial charge >= 0.3 is 6.18 Å². The molecule has 0 bridgehead atoms. The normalized spacial score (nSPS) is 16.1. The predicted molar refractivity (Wildman–Crippen MR) is 119 cm³/mol. The third-order valence-corrected chi connectivity index (χ3v) is 7.30. The smallest absolute Gasteiger partial charge is 0.416 e. The van der Waals surface area contributed by atoms with E-state index >= 15 is 0 Å². The Morgan fingerprint density at radius 1 is 0.971 bits per heavy atom. The zero-order valence-corrected chi connectivity index (χ0v) is 18.9. The fraction of sp³-hybridized carbons (Fsp3) is 0.250. The number of halogens is 5. The molecular weight excluding hydrogens is 493 g/mol. The highest BCUT2D eigenvalue weighted by Gasteiger charge is 2.37. The summed E-state index contributed by atoms with van der Waals surface area (Å²) in [4.78, 5) is -0.566. The minimum absolute atomic E-state index is 0.0184. The summed E-state index contributed by atoms with van der Waals surface area (Å²) >= 11 is 0. The third-order valence-electron chi connectivity index (χ3n) is 5.52. The Bertz CT molecular complexity index is 1320. The molecule has 0 saturated carbocycles. The van der Waals surface area contributed by atoms with Gasteiger partial charge in [-0.15, -0.1) is 0 Å². The lowest BCUT2D eigenvalue weighted by Gasteiger charge is -2.36. The summed E-state index contributed by atoms with van der Waals surface area (Å²) in [6.07, 6.45) is -4.81. The largest absolute Gasteiger partial charge is 0.486 e. The second kappa shape index (κ2) is 9.46. The summed E-state index contributed by atoms with van der Waals surface area (Å²) in [6, 6.07) is 10.5. The Morgan fingerprint density at radius 2 is 1.69 bits per heavy atom. The Labute approximate surface area is 198 Å². The summed E-state index contributed by atoms with van der Waals surface area (Å²) in [6.45, 7) is -0.385. The lowest BCUT2D eigenvalue weighted by Crippen LogP contribution is -2.43. The quantitative estimate of drug-likeness (QED) is 0.450. The molecule has 0 fully saturated rings. The highest BCUT2D eigenvalue weighted by molar-refractivity contribution is 7.92. The van der Waals surface area contributed by atoms with Crippen LogP contribution in [0.2, 0.25) is 0 Å². The van der Waals surface area contributed by atoms with E-state index < -0.39 is 44.4 Å². The van der Waals surface area contributed by atoms with Gasteiger partial charge in [0.25, 0.3) is 10.0 Å². The molecule has 3 aromatic carbocycles. The van der Waals surface area contributed by atoms with Gasteiger partial charge in [-0.3, -0.25) is 4.31 Å². The van der Waals surface area contributed by atoms with Crippen molar-refractivity contribution in [3.8, 4) is 16.9 Å². The van der Waals surface area contributed by atoms with Crippen molar-refractivity contribution in [2.75, 3.05) is 17.5 Å². The van der Waals surface area contributed by atoms with E-state index in [1.165, 1.54) is 18.2 Å². The van der Waals surface area contributed by atoms with E-state index in [0.29, 0.717) is 25.0 Å². The number of fused-ring (bicyclic) bond motifs is 1. The van der Waals surface area contributed by atoms with E-state index in [2.05, 4.69) is 0 Å². The molecule has 5 nitrogen and oxygen atoms in total. The van der Waals surface area contributed by atoms with Crippen molar-refractivity contribution in [1.82, 2.24) is 0 Å². The Hall–Kier alpha value is -3.18. The second-order valence-corrected chi connectivity index (χ2v) is 9.87. The molecule has 0 saturated heterocycles. The molecule has 0 aliphatic carbocycles. The first-order valence-electron chi connectivity index (χ1n) is 10.6. The first-order valence-corrected chi connectivity index (χ1v) is 12.0. The van der Waals surface area contributed by atoms with Gasteiger partial charge in [0.1, 0.15) is 23.5 Å². The number of benzene rings is 3.